The lowest BCUT2D eigenvalue weighted by Gasteiger charge is -2.30. The van der Waals surface area contributed by atoms with Crippen LogP contribution >= 0.6 is 0 Å². The molecule has 0 saturated carbocycles. The number of aliphatic hydroxyl groups excluding tert-OH is 1. The average Bonchev–Trinajstić information content (AvgIpc) is 1.88. The zero-order chi connectivity index (χ0) is 7.56. The molecule has 1 saturated heterocycles. The van der Waals surface area contributed by atoms with Crippen LogP contribution in [0.25, 0.3) is 0 Å². The van der Waals surface area contributed by atoms with Gasteiger partial charge in [-0.1, -0.05) is 0 Å². The van der Waals surface area contributed by atoms with Crippen molar-refractivity contribution in [1.29, 1.82) is 0 Å². The Balaban J connectivity index is 2.32. The van der Waals surface area contributed by atoms with Gasteiger partial charge >= 0.3 is 0 Å². The van der Waals surface area contributed by atoms with E-state index in [1.807, 2.05) is 6.92 Å². The maximum absolute atomic E-state index is 9.21. The third-order valence-corrected chi connectivity index (χ3v) is 2.17. The molecule has 3 heteroatoms. The monoisotopic (exact) mass is 144 g/mol. The van der Waals surface area contributed by atoms with E-state index >= 15 is 0 Å². The van der Waals surface area contributed by atoms with E-state index < -0.39 is 0 Å². The summed E-state index contributed by atoms with van der Waals surface area (Å²) in [5.41, 5.74) is 0. The normalized spacial score (nSPS) is 32.1. The molecule has 0 aliphatic carbocycles. The molecule has 60 valence electrons. The molecule has 0 radical (unpaired) electrons. The van der Waals surface area contributed by atoms with Gasteiger partial charge in [0.2, 0.25) is 0 Å². The molecule has 1 rings (SSSR count). The quantitative estimate of drug-likeness (QED) is 0.507. The first kappa shape index (κ1) is 7.98. The van der Waals surface area contributed by atoms with Gasteiger partial charge in [0.15, 0.2) is 0 Å². The van der Waals surface area contributed by atoms with Crippen molar-refractivity contribution >= 4 is 0 Å². The zero-order valence-electron chi connectivity index (χ0n) is 6.45. The van der Waals surface area contributed by atoms with Gasteiger partial charge < -0.3 is 5.11 Å². The number of nitrogens with two attached hydrogens (primary N) is 1. The van der Waals surface area contributed by atoms with Crippen molar-refractivity contribution in [2.24, 2.45) is 11.8 Å². The van der Waals surface area contributed by atoms with Crippen molar-refractivity contribution in [2.45, 2.75) is 25.9 Å². The highest BCUT2D eigenvalue weighted by atomic mass is 16.3. The predicted molar refractivity (Wildman–Crippen MR) is 40.2 cm³/mol. The summed E-state index contributed by atoms with van der Waals surface area (Å²) in [4.78, 5) is 0. The first-order chi connectivity index (χ1) is 4.70. The summed E-state index contributed by atoms with van der Waals surface area (Å²) in [7, 11) is 0. The third kappa shape index (κ3) is 1.94. The second-order valence-electron chi connectivity index (χ2n) is 3.14. The second kappa shape index (κ2) is 3.32. The van der Waals surface area contributed by atoms with Gasteiger partial charge in [-0.05, 0) is 25.7 Å². The molecule has 0 aromatic carbocycles. The Hall–Kier alpha value is -0.120. The fraction of sp³-hybridized carbons (Fsp3) is 1.00. The first-order valence-electron chi connectivity index (χ1n) is 3.88. The van der Waals surface area contributed by atoms with E-state index in [9.17, 15) is 5.11 Å². The highest BCUT2D eigenvalue weighted by molar-refractivity contribution is 4.72. The SMILES string of the molecule is C[C@H](O)[C@H]1CCCN(N)C1. The van der Waals surface area contributed by atoms with Crippen molar-refractivity contribution in [3.63, 3.8) is 0 Å². The Bertz CT molecular complexity index is 106. The maximum atomic E-state index is 9.21. The lowest BCUT2D eigenvalue weighted by molar-refractivity contribution is 0.0630. The molecule has 2 atom stereocenters. The fourth-order valence-electron chi connectivity index (χ4n) is 1.43. The van der Waals surface area contributed by atoms with Crippen molar-refractivity contribution in [1.82, 2.24) is 5.01 Å². The van der Waals surface area contributed by atoms with Gasteiger partial charge in [0.05, 0.1) is 6.10 Å². The van der Waals surface area contributed by atoms with Crippen LogP contribution < -0.4 is 5.84 Å². The van der Waals surface area contributed by atoms with Crippen LogP contribution in [0.1, 0.15) is 19.8 Å². The van der Waals surface area contributed by atoms with Crippen LogP contribution in [0, 0.1) is 5.92 Å². The van der Waals surface area contributed by atoms with Crippen LogP contribution in [0.15, 0.2) is 0 Å². The van der Waals surface area contributed by atoms with E-state index in [0.29, 0.717) is 5.92 Å². The third-order valence-electron chi connectivity index (χ3n) is 2.17. The smallest absolute Gasteiger partial charge is 0.0553 e. The van der Waals surface area contributed by atoms with Crippen LogP contribution in [0.4, 0.5) is 0 Å². The lowest BCUT2D eigenvalue weighted by Crippen LogP contribution is -2.43. The molecule has 3 nitrogen and oxygen atoms in total. The van der Waals surface area contributed by atoms with Gasteiger partial charge in [-0.3, -0.25) is 5.84 Å². The number of piperidine rings is 1. The highest BCUT2D eigenvalue weighted by Gasteiger charge is 2.20. The number of aliphatic hydroxyl groups is 1. The topological polar surface area (TPSA) is 49.5 Å². The summed E-state index contributed by atoms with van der Waals surface area (Å²) in [6.07, 6.45) is 2.03. The molecular formula is C7H16N2O. The van der Waals surface area contributed by atoms with Crippen LogP contribution in [-0.2, 0) is 0 Å². The molecule has 10 heavy (non-hydrogen) atoms. The summed E-state index contributed by atoms with van der Waals surface area (Å²) in [6, 6.07) is 0. The Morgan fingerprint density at radius 2 is 2.40 bits per heavy atom. The molecule has 1 fully saturated rings. The summed E-state index contributed by atoms with van der Waals surface area (Å²) in [5, 5.41) is 11.0. The van der Waals surface area contributed by atoms with E-state index in [4.69, 9.17) is 5.84 Å². The number of rotatable bonds is 1. The molecule has 1 aliphatic rings. The number of hydrogen-bond donors (Lipinski definition) is 2. The Morgan fingerprint density at radius 3 is 2.80 bits per heavy atom. The van der Waals surface area contributed by atoms with Gasteiger partial charge in [0.25, 0.3) is 0 Å². The van der Waals surface area contributed by atoms with Gasteiger partial charge in [0.1, 0.15) is 0 Å². The predicted octanol–water partition coefficient (Wildman–Crippen LogP) is -0.0471. The molecule has 0 unspecified atom stereocenters. The minimum absolute atomic E-state index is 0.202. The summed E-state index contributed by atoms with van der Waals surface area (Å²) < 4.78 is 0. The van der Waals surface area contributed by atoms with E-state index in [-0.39, 0.29) is 6.10 Å². The van der Waals surface area contributed by atoms with E-state index in [1.54, 1.807) is 5.01 Å². The number of hydrazine groups is 1. The largest absolute Gasteiger partial charge is 0.393 e. The average molecular weight is 144 g/mol. The Morgan fingerprint density at radius 1 is 1.70 bits per heavy atom. The van der Waals surface area contributed by atoms with Crippen molar-refractivity contribution in [3.8, 4) is 0 Å². The molecule has 0 aromatic rings. The van der Waals surface area contributed by atoms with Crippen LogP contribution in [0.3, 0.4) is 0 Å². The van der Waals surface area contributed by atoms with Crippen molar-refractivity contribution < 1.29 is 5.11 Å². The van der Waals surface area contributed by atoms with E-state index in [2.05, 4.69) is 0 Å². The second-order valence-corrected chi connectivity index (χ2v) is 3.14. The van der Waals surface area contributed by atoms with Crippen LogP contribution in [0.5, 0.6) is 0 Å². The fourth-order valence-corrected chi connectivity index (χ4v) is 1.43. The van der Waals surface area contributed by atoms with Gasteiger partial charge in [0, 0.05) is 13.1 Å². The van der Waals surface area contributed by atoms with Gasteiger partial charge in [-0.25, -0.2) is 5.01 Å². The Labute approximate surface area is 61.8 Å². The van der Waals surface area contributed by atoms with Crippen molar-refractivity contribution in [2.75, 3.05) is 13.1 Å². The maximum Gasteiger partial charge on any atom is 0.0553 e. The van der Waals surface area contributed by atoms with Gasteiger partial charge in [-0.2, -0.15) is 0 Å². The van der Waals surface area contributed by atoms with E-state index in [0.717, 1.165) is 25.9 Å². The molecule has 3 N–H and O–H groups in total. The minimum atomic E-state index is -0.202. The highest BCUT2D eigenvalue weighted by Crippen LogP contribution is 2.16. The summed E-state index contributed by atoms with van der Waals surface area (Å²) in [6.45, 7) is 3.66. The van der Waals surface area contributed by atoms with Crippen molar-refractivity contribution in [3.05, 3.63) is 0 Å². The summed E-state index contributed by atoms with van der Waals surface area (Å²) in [5.74, 6) is 5.97. The standard InChI is InChI=1S/C7H16N2O/c1-6(10)7-3-2-4-9(8)5-7/h6-7,10H,2-5,8H2,1H3/t6-,7-/m0/s1. The molecule has 0 amide bonds. The molecule has 1 aliphatic heterocycles. The number of nitrogens with zero attached hydrogens (tertiary/aromatic N) is 1. The Kier molecular flexibility index (Phi) is 2.65. The minimum Gasteiger partial charge on any atom is -0.393 e. The van der Waals surface area contributed by atoms with Gasteiger partial charge in [-0.15, -0.1) is 0 Å². The molecule has 0 spiro atoms. The molecule has 0 bridgehead atoms. The van der Waals surface area contributed by atoms with Crippen LogP contribution in [-0.4, -0.2) is 29.3 Å². The number of hydrogen-bond acceptors (Lipinski definition) is 3. The lowest BCUT2D eigenvalue weighted by atomic mass is 9.94. The molecule has 0 aromatic heterocycles. The first-order valence-corrected chi connectivity index (χ1v) is 3.88. The van der Waals surface area contributed by atoms with E-state index in [1.165, 1.54) is 0 Å². The summed E-state index contributed by atoms with van der Waals surface area (Å²) >= 11 is 0. The molecule has 1 heterocycles. The van der Waals surface area contributed by atoms with Crippen LogP contribution in [0.2, 0.25) is 0 Å². The molecular weight excluding hydrogens is 128 g/mol. The zero-order valence-corrected chi connectivity index (χ0v) is 6.45.